The molecule has 108 valence electrons. The van der Waals surface area contributed by atoms with E-state index in [9.17, 15) is 14.9 Å². The van der Waals surface area contributed by atoms with Crippen molar-refractivity contribution in [3.8, 4) is 0 Å². The maximum absolute atomic E-state index is 11.6. The van der Waals surface area contributed by atoms with Crippen LogP contribution in [0.15, 0.2) is 30.3 Å². The third-order valence-corrected chi connectivity index (χ3v) is 2.88. The number of nitro groups is 1. The smallest absolute Gasteiger partial charge is 0.276 e. The fourth-order valence-electron chi connectivity index (χ4n) is 1.78. The van der Waals surface area contributed by atoms with Crippen LogP contribution in [0.2, 0.25) is 0 Å². The summed E-state index contributed by atoms with van der Waals surface area (Å²) in [7, 11) is 0. The molecule has 1 amide bonds. The van der Waals surface area contributed by atoms with Gasteiger partial charge in [-0.1, -0.05) is 38.3 Å². The molecular formula is C15H20N2O3. The van der Waals surface area contributed by atoms with E-state index in [0.717, 1.165) is 19.3 Å². The van der Waals surface area contributed by atoms with Gasteiger partial charge in [0.15, 0.2) is 0 Å². The molecule has 5 heteroatoms. The third-order valence-electron chi connectivity index (χ3n) is 2.88. The molecule has 1 aromatic rings. The average molecular weight is 276 g/mol. The number of hydrogen-bond acceptors (Lipinski definition) is 3. The molecule has 0 aromatic heterocycles. The number of nitrogens with zero attached hydrogens (tertiary/aromatic N) is 1. The Kier molecular flexibility index (Phi) is 7.03. The standard InChI is InChI=1S/C15H20N2O3/c1-2-3-4-7-12-16-15(18)11-10-13-8-5-6-9-14(13)17(19)20/h5-6,8-11H,2-4,7,12H2,1H3,(H,16,18)/b11-10+. The molecule has 20 heavy (non-hydrogen) atoms. The second-order valence-electron chi connectivity index (χ2n) is 4.50. The molecule has 0 aliphatic rings. The molecule has 1 aromatic carbocycles. The van der Waals surface area contributed by atoms with Gasteiger partial charge >= 0.3 is 0 Å². The molecule has 0 saturated carbocycles. The Morgan fingerprint density at radius 2 is 2.05 bits per heavy atom. The van der Waals surface area contributed by atoms with Gasteiger partial charge in [-0.3, -0.25) is 14.9 Å². The summed E-state index contributed by atoms with van der Waals surface area (Å²) < 4.78 is 0. The number of para-hydroxylation sites is 1. The van der Waals surface area contributed by atoms with Gasteiger partial charge in [0, 0.05) is 18.7 Å². The topological polar surface area (TPSA) is 72.2 Å². The van der Waals surface area contributed by atoms with E-state index in [2.05, 4.69) is 12.2 Å². The normalized spacial score (nSPS) is 10.7. The summed E-state index contributed by atoms with van der Waals surface area (Å²) in [5, 5.41) is 13.6. The first-order chi connectivity index (χ1) is 9.65. The lowest BCUT2D eigenvalue weighted by molar-refractivity contribution is -0.385. The van der Waals surface area contributed by atoms with Crippen molar-refractivity contribution >= 4 is 17.7 Å². The summed E-state index contributed by atoms with van der Waals surface area (Å²) in [6.45, 7) is 2.77. The van der Waals surface area contributed by atoms with Crippen molar-refractivity contribution in [3.05, 3.63) is 46.0 Å². The first-order valence-corrected chi connectivity index (χ1v) is 6.84. The predicted octanol–water partition coefficient (Wildman–Crippen LogP) is 3.30. The molecule has 0 radical (unpaired) electrons. The third kappa shape index (κ3) is 5.65. The molecule has 5 nitrogen and oxygen atoms in total. The van der Waals surface area contributed by atoms with Crippen LogP contribution in [0.1, 0.15) is 38.2 Å². The summed E-state index contributed by atoms with van der Waals surface area (Å²) >= 11 is 0. The molecule has 1 N–H and O–H groups in total. The highest BCUT2D eigenvalue weighted by molar-refractivity contribution is 5.92. The summed E-state index contributed by atoms with van der Waals surface area (Å²) in [6, 6.07) is 6.34. The average Bonchev–Trinajstić information content (AvgIpc) is 2.45. The van der Waals surface area contributed by atoms with E-state index >= 15 is 0 Å². The zero-order chi connectivity index (χ0) is 14.8. The van der Waals surface area contributed by atoms with Crippen molar-refractivity contribution in [2.24, 2.45) is 0 Å². The van der Waals surface area contributed by atoms with Gasteiger partial charge in [0.05, 0.1) is 10.5 Å². The largest absolute Gasteiger partial charge is 0.353 e. The Bertz CT molecular complexity index is 484. The minimum atomic E-state index is -0.456. The lowest BCUT2D eigenvalue weighted by Gasteiger charge is -2.01. The van der Waals surface area contributed by atoms with Gasteiger partial charge in [-0.2, -0.15) is 0 Å². The van der Waals surface area contributed by atoms with Crippen LogP contribution in [-0.2, 0) is 4.79 Å². The lowest BCUT2D eigenvalue weighted by Crippen LogP contribution is -2.21. The number of nitrogens with one attached hydrogen (secondary N) is 1. The second-order valence-corrected chi connectivity index (χ2v) is 4.50. The minimum absolute atomic E-state index is 0.000467. The maximum atomic E-state index is 11.6. The van der Waals surface area contributed by atoms with E-state index in [0.29, 0.717) is 12.1 Å². The van der Waals surface area contributed by atoms with Crippen LogP contribution < -0.4 is 5.32 Å². The van der Waals surface area contributed by atoms with Crippen LogP contribution in [0.5, 0.6) is 0 Å². The highest BCUT2D eigenvalue weighted by Gasteiger charge is 2.09. The van der Waals surface area contributed by atoms with E-state index in [1.165, 1.54) is 24.6 Å². The fourth-order valence-corrected chi connectivity index (χ4v) is 1.78. The number of rotatable bonds is 8. The highest BCUT2D eigenvalue weighted by atomic mass is 16.6. The van der Waals surface area contributed by atoms with E-state index < -0.39 is 4.92 Å². The SMILES string of the molecule is CCCCCCNC(=O)/C=C/c1ccccc1[N+](=O)[O-]. The van der Waals surface area contributed by atoms with Gasteiger partial charge < -0.3 is 5.32 Å². The van der Waals surface area contributed by atoms with Gasteiger partial charge in [0.25, 0.3) is 5.69 Å². The number of benzene rings is 1. The Hall–Kier alpha value is -2.17. The Balaban J connectivity index is 2.47. The van der Waals surface area contributed by atoms with Crippen molar-refractivity contribution in [3.63, 3.8) is 0 Å². The zero-order valence-corrected chi connectivity index (χ0v) is 11.7. The molecule has 0 spiro atoms. The van der Waals surface area contributed by atoms with Gasteiger partial charge in [-0.05, 0) is 18.6 Å². The van der Waals surface area contributed by atoms with Crippen LogP contribution in [0.3, 0.4) is 0 Å². The van der Waals surface area contributed by atoms with E-state index in [1.807, 2.05) is 0 Å². The van der Waals surface area contributed by atoms with Crippen molar-refractivity contribution in [2.45, 2.75) is 32.6 Å². The quantitative estimate of drug-likeness (QED) is 0.342. The van der Waals surface area contributed by atoms with Crippen LogP contribution in [0.25, 0.3) is 6.08 Å². The number of amides is 1. The highest BCUT2D eigenvalue weighted by Crippen LogP contribution is 2.18. The summed E-state index contributed by atoms with van der Waals surface area (Å²) in [4.78, 5) is 21.9. The molecule has 0 aliphatic carbocycles. The number of hydrogen-bond donors (Lipinski definition) is 1. The summed E-state index contributed by atoms with van der Waals surface area (Å²) in [6.07, 6.45) is 7.19. The fraction of sp³-hybridized carbons (Fsp3) is 0.400. The Morgan fingerprint density at radius 1 is 1.30 bits per heavy atom. The maximum Gasteiger partial charge on any atom is 0.276 e. The van der Waals surface area contributed by atoms with Crippen LogP contribution in [0.4, 0.5) is 5.69 Å². The molecule has 0 bridgehead atoms. The molecule has 0 unspecified atom stereocenters. The first-order valence-electron chi connectivity index (χ1n) is 6.84. The van der Waals surface area contributed by atoms with Crippen molar-refractivity contribution in [2.75, 3.05) is 6.54 Å². The predicted molar refractivity (Wildman–Crippen MR) is 79.3 cm³/mol. The monoisotopic (exact) mass is 276 g/mol. The van der Waals surface area contributed by atoms with Gasteiger partial charge in [0.1, 0.15) is 0 Å². The molecule has 0 fully saturated rings. The Labute approximate surface area is 118 Å². The van der Waals surface area contributed by atoms with Crippen molar-refractivity contribution < 1.29 is 9.72 Å². The van der Waals surface area contributed by atoms with E-state index in [-0.39, 0.29) is 11.6 Å². The van der Waals surface area contributed by atoms with Crippen LogP contribution in [-0.4, -0.2) is 17.4 Å². The summed E-state index contributed by atoms with van der Waals surface area (Å²) in [5.41, 5.74) is 0.429. The van der Waals surface area contributed by atoms with Gasteiger partial charge in [-0.25, -0.2) is 0 Å². The zero-order valence-electron chi connectivity index (χ0n) is 11.7. The summed E-state index contributed by atoms with van der Waals surface area (Å²) in [5.74, 6) is -0.223. The lowest BCUT2D eigenvalue weighted by atomic mass is 10.1. The molecule has 1 rings (SSSR count). The number of carbonyl (C=O) groups excluding carboxylic acids is 1. The number of carbonyl (C=O) groups is 1. The van der Waals surface area contributed by atoms with E-state index in [4.69, 9.17) is 0 Å². The number of nitro benzene ring substituents is 1. The van der Waals surface area contributed by atoms with Crippen LogP contribution >= 0.6 is 0 Å². The van der Waals surface area contributed by atoms with Crippen molar-refractivity contribution in [1.29, 1.82) is 0 Å². The molecular weight excluding hydrogens is 256 g/mol. The molecule has 0 atom stereocenters. The molecule has 0 aliphatic heterocycles. The van der Waals surface area contributed by atoms with E-state index in [1.54, 1.807) is 18.2 Å². The van der Waals surface area contributed by atoms with Crippen molar-refractivity contribution in [1.82, 2.24) is 5.32 Å². The number of unbranched alkanes of at least 4 members (excludes halogenated alkanes) is 3. The molecule has 0 saturated heterocycles. The molecule has 0 heterocycles. The Morgan fingerprint density at radius 3 is 2.75 bits per heavy atom. The van der Waals surface area contributed by atoms with Gasteiger partial charge in [0.2, 0.25) is 5.91 Å². The first kappa shape index (κ1) is 15.9. The van der Waals surface area contributed by atoms with Crippen LogP contribution in [0, 0.1) is 10.1 Å². The second kappa shape index (κ2) is 8.85. The minimum Gasteiger partial charge on any atom is -0.353 e. The van der Waals surface area contributed by atoms with Gasteiger partial charge in [-0.15, -0.1) is 0 Å².